The van der Waals surface area contributed by atoms with Crippen LogP contribution in [0.15, 0.2) is 146 Å². The minimum Gasteiger partial charge on any atom is -0.478 e. The van der Waals surface area contributed by atoms with Gasteiger partial charge in [-0.2, -0.15) is 0 Å². The van der Waals surface area contributed by atoms with Crippen LogP contribution < -0.4 is 0 Å². The molecule has 0 unspecified atom stereocenters. The zero-order valence-corrected chi connectivity index (χ0v) is 32.7. The lowest BCUT2D eigenvalue weighted by molar-refractivity contribution is 0.0598. The molecule has 2 saturated carbocycles. The van der Waals surface area contributed by atoms with Gasteiger partial charge < -0.3 is 9.84 Å². The van der Waals surface area contributed by atoms with Crippen LogP contribution in [0.3, 0.4) is 0 Å². The molecule has 4 heterocycles. The normalized spacial score (nSPS) is 13.4. The fraction of sp³-hybridized carbons (Fsp3) is 0.176. The van der Waals surface area contributed by atoms with Gasteiger partial charge in [-0.1, -0.05) is 97.1 Å². The smallest absolute Gasteiger partial charge is 0.339 e. The van der Waals surface area contributed by atoms with Gasteiger partial charge >= 0.3 is 11.9 Å². The Hall–Kier alpha value is -7.06. The molecular formula is C51H42N4O4. The number of hydrogen-bond acceptors (Lipinski definition) is 7. The van der Waals surface area contributed by atoms with Crippen molar-refractivity contribution in [3.8, 4) is 22.5 Å². The lowest BCUT2D eigenvalue weighted by Crippen LogP contribution is -2.09. The highest BCUT2D eigenvalue weighted by Gasteiger charge is 2.27. The molecule has 59 heavy (non-hydrogen) atoms. The number of hydrogen-bond donors (Lipinski definition) is 1. The Bertz CT molecular complexity index is 2840. The Morgan fingerprint density at radius 2 is 1.02 bits per heavy atom. The average Bonchev–Trinajstić information content (AvgIpc) is 4.23. The van der Waals surface area contributed by atoms with Crippen LogP contribution in [0.4, 0.5) is 0 Å². The van der Waals surface area contributed by atoms with Gasteiger partial charge in [-0.25, -0.2) is 9.59 Å². The van der Waals surface area contributed by atoms with E-state index >= 15 is 0 Å². The fourth-order valence-electron chi connectivity index (χ4n) is 7.92. The van der Waals surface area contributed by atoms with E-state index in [4.69, 9.17) is 4.74 Å². The summed E-state index contributed by atoms with van der Waals surface area (Å²) >= 11 is 0. The Balaban J connectivity index is 0.000000152. The molecule has 0 amide bonds. The van der Waals surface area contributed by atoms with Crippen molar-refractivity contribution in [2.24, 2.45) is 0 Å². The molecule has 2 aliphatic carbocycles. The average molecular weight is 775 g/mol. The van der Waals surface area contributed by atoms with Gasteiger partial charge in [0.05, 0.1) is 41.0 Å². The number of carboxylic acid groups (broad SMARTS) is 1. The molecule has 4 aromatic carbocycles. The third kappa shape index (κ3) is 8.07. The maximum absolute atomic E-state index is 12.5. The van der Waals surface area contributed by atoms with Gasteiger partial charge in [0.15, 0.2) is 0 Å². The molecule has 290 valence electrons. The number of fused-ring (bicyclic) bond motifs is 2. The predicted molar refractivity (Wildman–Crippen MR) is 231 cm³/mol. The van der Waals surface area contributed by atoms with Crippen LogP contribution in [0.2, 0.25) is 0 Å². The Kier molecular flexibility index (Phi) is 10.4. The van der Waals surface area contributed by atoms with Gasteiger partial charge in [-0.15, -0.1) is 0 Å². The van der Waals surface area contributed by atoms with Crippen molar-refractivity contribution in [3.05, 3.63) is 191 Å². The zero-order chi connectivity index (χ0) is 40.3. The number of benzene rings is 4. The van der Waals surface area contributed by atoms with Crippen LogP contribution in [-0.4, -0.2) is 44.1 Å². The number of carboxylic acids is 1. The summed E-state index contributed by atoms with van der Waals surface area (Å²) in [6, 6.07) is 40.4. The van der Waals surface area contributed by atoms with Crippen LogP contribution in [0.1, 0.15) is 91.9 Å². The maximum Gasteiger partial charge on any atom is 0.339 e. The van der Waals surface area contributed by atoms with Crippen molar-refractivity contribution in [2.75, 3.05) is 7.11 Å². The Labute approximate surface area is 342 Å². The molecule has 2 fully saturated rings. The quantitative estimate of drug-likeness (QED) is 0.137. The molecular weight excluding hydrogens is 733 g/mol. The van der Waals surface area contributed by atoms with E-state index in [-0.39, 0.29) is 5.97 Å². The molecule has 10 rings (SSSR count). The van der Waals surface area contributed by atoms with Crippen molar-refractivity contribution >= 4 is 33.5 Å². The molecule has 0 spiro atoms. The number of aromatic carboxylic acids is 1. The van der Waals surface area contributed by atoms with Crippen LogP contribution in [0.5, 0.6) is 0 Å². The summed E-state index contributed by atoms with van der Waals surface area (Å²) in [5.41, 5.74) is 10.6. The second kappa shape index (κ2) is 16.4. The van der Waals surface area contributed by atoms with Crippen molar-refractivity contribution < 1.29 is 19.4 Å². The number of methoxy groups -OCH3 is 1. The van der Waals surface area contributed by atoms with E-state index < -0.39 is 5.97 Å². The SMILES string of the molecule is COC(=O)c1cc(C2CC2)cnc1Cc1cccc2c(-c3ccccc3)nccc12.O=C(O)c1cc(C2CC2)cnc1Cc1cccc2c(-c3ccccc3)nccc12. The van der Waals surface area contributed by atoms with Crippen LogP contribution in [0, 0.1) is 0 Å². The number of ether oxygens (including phenoxy) is 1. The highest BCUT2D eigenvalue weighted by molar-refractivity contribution is 5.98. The molecule has 0 saturated heterocycles. The van der Waals surface area contributed by atoms with E-state index in [1.807, 2.05) is 104 Å². The molecule has 0 bridgehead atoms. The maximum atomic E-state index is 12.5. The number of aromatic nitrogens is 4. The second-order valence-corrected chi connectivity index (χ2v) is 15.3. The highest BCUT2D eigenvalue weighted by atomic mass is 16.5. The van der Waals surface area contributed by atoms with Gasteiger partial charge in [-0.05, 0) is 94.8 Å². The second-order valence-electron chi connectivity index (χ2n) is 15.3. The van der Waals surface area contributed by atoms with E-state index in [1.54, 1.807) is 0 Å². The molecule has 2 aliphatic rings. The third-order valence-corrected chi connectivity index (χ3v) is 11.3. The van der Waals surface area contributed by atoms with Crippen molar-refractivity contribution in [2.45, 2.75) is 50.4 Å². The molecule has 4 aromatic heterocycles. The number of pyridine rings is 4. The molecule has 0 aliphatic heterocycles. The summed E-state index contributed by atoms with van der Waals surface area (Å²) in [4.78, 5) is 42.8. The number of esters is 1. The van der Waals surface area contributed by atoms with Gasteiger partial charge in [0.1, 0.15) is 0 Å². The first-order valence-electron chi connectivity index (χ1n) is 20.1. The number of carbonyl (C=O) groups is 2. The van der Waals surface area contributed by atoms with E-state index in [0.717, 1.165) is 84.8 Å². The lowest BCUT2D eigenvalue weighted by Gasteiger charge is -2.12. The minimum absolute atomic E-state index is 0.309. The summed E-state index contributed by atoms with van der Waals surface area (Å²) in [5, 5.41) is 14.1. The van der Waals surface area contributed by atoms with Gasteiger partial charge in [0.2, 0.25) is 0 Å². The van der Waals surface area contributed by atoms with E-state index in [1.165, 1.54) is 20.0 Å². The summed E-state index contributed by atoms with van der Waals surface area (Å²) in [6.07, 6.45) is 13.0. The predicted octanol–water partition coefficient (Wildman–Crippen LogP) is 11.0. The van der Waals surface area contributed by atoms with Gasteiger partial charge in [0, 0.05) is 59.5 Å². The summed E-state index contributed by atoms with van der Waals surface area (Å²) < 4.78 is 5.05. The minimum atomic E-state index is -0.915. The van der Waals surface area contributed by atoms with Gasteiger partial charge in [-0.3, -0.25) is 19.9 Å². The highest BCUT2D eigenvalue weighted by Crippen LogP contribution is 2.41. The molecule has 0 atom stereocenters. The van der Waals surface area contributed by atoms with Crippen LogP contribution >= 0.6 is 0 Å². The van der Waals surface area contributed by atoms with Crippen molar-refractivity contribution in [1.29, 1.82) is 0 Å². The standard InChI is InChI=1S/C26H22N2O2.C25H20N2O2/c1-30-26(29)23-14-20(17-10-11-17)16-28-24(23)15-19-8-5-9-22-21(19)12-13-27-25(22)18-6-3-2-4-7-18;28-25(29)22-13-19(16-9-10-16)15-27-23(22)14-18-7-4-8-21-20(18)11-12-26-24(21)17-5-2-1-3-6-17/h2-9,12-14,16-17H,10-11,15H2,1H3;1-8,11-13,15-16H,9-10,14H2,(H,28,29). The van der Waals surface area contributed by atoms with Crippen molar-refractivity contribution in [3.63, 3.8) is 0 Å². The molecule has 8 nitrogen and oxygen atoms in total. The van der Waals surface area contributed by atoms with Crippen LogP contribution in [0.25, 0.3) is 44.1 Å². The van der Waals surface area contributed by atoms with Gasteiger partial charge in [0.25, 0.3) is 0 Å². The molecule has 8 aromatic rings. The third-order valence-electron chi connectivity index (χ3n) is 11.3. The Morgan fingerprint density at radius 1 is 0.559 bits per heavy atom. The first kappa shape index (κ1) is 37.5. The topological polar surface area (TPSA) is 115 Å². The largest absolute Gasteiger partial charge is 0.478 e. The van der Waals surface area contributed by atoms with Crippen molar-refractivity contribution in [1.82, 2.24) is 19.9 Å². The molecule has 1 N–H and O–H groups in total. The summed E-state index contributed by atoms with van der Waals surface area (Å²) in [5.74, 6) is -0.229. The molecule has 0 radical (unpaired) electrons. The molecule has 8 heteroatoms. The first-order valence-corrected chi connectivity index (χ1v) is 20.1. The fourth-order valence-corrected chi connectivity index (χ4v) is 7.92. The van der Waals surface area contributed by atoms with Crippen LogP contribution in [-0.2, 0) is 17.6 Å². The summed E-state index contributed by atoms with van der Waals surface area (Å²) in [6.45, 7) is 0. The zero-order valence-electron chi connectivity index (χ0n) is 32.7. The number of carbonyl (C=O) groups excluding carboxylic acids is 1. The monoisotopic (exact) mass is 774 g/mol. The van der Waals surface area contributed by atoms with E-state index in [2.05, 4.69) is 62.4 Å². The number of nitrogens with zero attached hydrogens (tertiary/aromatic N) is 4. The lowest BCUT2D eigenvalue weighted by atomic mass is 9.96. The van der Waals surface area contributed by atoms with E-state index in [9.17, 15) is 14.7 Å². The summed E-state index contributed by atoms with van der Waals surface area (Å²) in [7, 11) is 1.42. The first-order chi connectivity index (χ1) is 28.9. The Morgan fingerprint density at radius 3 is 1.46 bits per heavy atom. The number of rotatable bonds is 10. The van der Waals surface area contributed by atoms with E-state index in [0.29, 0.717) is 41.5 Å².